The molecule has 10 heteroatoms. The maximum absolute atomic E-state index is 13.9. The summed E-state index contributed by atoms with van der Waals surface area (Å²) in [5.74, 6) is 0.0595. The predicted octanol–water partition coefficient (Wildman–Crippen LogP) is 4.15. The molecule has 1 N–H and O–H groups in total. The first kappa shape index (κ1) is 23.4. The van der Waals surface area contributed by atoms with E-state index >= 15 is 0 Å². The Morgan fingerprint density at radius 2 is 1.85 bits per heavy atom. The lowest BCUT2D eigenvalue weighted by Gasteiger charge is -2.28. The van der Waals surface area contributed by atoms with Crippen LogP contribution in [0.1, 0.15) is 24.0 Å². The molecule has 3 fully saturated rings. The summed E-state index contributed by atoms with van der Waals surface area (Å²) >= 11 is 0. The highest BCUT2D eigenvalue weighted by molar-refractivity contribution is 5.65. The molecule has 1 aliphatic carbocycles. The molecule has 6 nitrogen and oxygen atoms in total. The zero-order valence-electron chi connectivity index (χ0n) is 18.9. The van der Waals surface area contributed by atoms with Crippen LogP contribution in [0.2, 0.25) is 0 Å². The zero-order valence-corrected chi connectivity index (χ0v) is 18.9. The largest absolute Gasteiger partial charge is 0.420 e. The SMILES string of the molecule is Cc1ccc(F)cc1-c1cc(C(F)(F)F)c(NC2CC3CN(CC4COCCO4)C[C@H]3C2)nn1. The number of nitrogens with zero attached hydrogens (tertiary/aromatic N) is 3. The first-order valence-corrected chi connectivity index (χ1v) is 11.7. The number of benzene rings is 1. The smallest absolute Gasteiger partial charge is 0.376 e. The molecule has 1 saturated carbocycles. The van der Waals surface area contributed by atoms with Gasteiger partial charge in [0, 0.05) is 31.2 Å². The molecule has 184 valence electrons. The standard InChI is InChI=1S/C24H28F4N4O2/c1-14-2-3-17(25)8-20(14)22-9-21(24(26,27)28)23(31-30-22)29-18-6-15-10-32(11-16(15)7-18)12-19-13-33-4-5-34-19/h2-3,8-9,15-16,18-19H,4-7,10-13H2,1H3,(H,29,31)/t15-,16?,18?,19?/m1/s1. The van der Waals surface area contributed by atoms with Crippen molar-refractivity contribution >= 4 is 5.82 Å². The molecule has 34 heavy (non-hydrogen) atoms. The van der Waals surface area contributed by atoms with Crippen molar-refractivity contribution in [2.24, 2.45) is 11.8 Å². The number of ether oxygens (including phenoxy) is 2. The van der Waals surface area contributed by atoms with Gasteiger partial charge in [0.05, 0.1) is 31.6 Å². The van der Waals surface area contributed by atoms with E-state index in [9.17, 15) is 17.6 Å². The van der Waals surface area contributed by atoms with Crippen molar-refractivity contribution < 1.29 is 27.0 Å². The molecule has 2 aromatic rings. The summed E-state index contributed by atoms with van der Waals surface area (Å²) in [6.45, 7) is 6.23. The lowest BCUT2D eigenvalue weighted by atomic mass is 10.0. The van der Waals surface area contributed by atoms with Crippen LogP contribution in [0.5, 0.6) is 0 Å². The van der Waals surface area contributed by atoms with Gasteiger partial charge >= 0.3 is 6.18 Å². The van der Waals surface area contributed by atoms with Gasteiger partial charge in [-0.3, -0.25) is 0 Å². The van der Waals surface area contributed by atoms with Gasteiger partial charge in [-0.15, -0.1) is 10.2 Å². The average molecular weight is 481 g/mol. The number of halogens is 4. The number of aryl methyl sites for hydroxylation is 1. The number of rotatable bonds is 5. The molecule has 0 spiro atoms. The fourth-order valence-electron chi connectivity index (χ4n) is 5.50. The molecule has 3 unspecified atom stereocenters. The van der Waals surface area contributed by atoms with E-state index in [0.717, 1.165) is 38.5 Å². The molecule has 0 amide bonds. The number of alkyl halides is 3. The second kappa shape index (κ2) is 9.39. The number of anilines is 1. The average Bonchev–Trinajstić information content (AvgIpc) is 3.33. The number of aromatic nitrogens is 2. The van der Waals surface area contributed by atoms with Crippen molar-refractivity contribution in [3.8, 4) is 11.3 Å². The summed E-state index contributed by atoms with van der Waals surface area (Å²) in [6, 6.07) is 4.83. The van der Waals surface area contributed by atoms with Gasteiger partial charge in [0.15, 0.2) is 5.82 Å². The fourth-order valence-corrected chi connectivity index (χ4v) is 5.50. The van der Waals surface area contributed by atoms with E-state index in [4.69, 9.17) is 9.47 Å². The molecule has 3 heterocycles. The van der Waals surface area contributed by atoms with E-state index in [1.54, 1.807) is 6.92 Å². The molecular weight excluding hydrogens is 452 g/mol. The van der Waals surface area contributed by atoms with Gasteiger partial charge in [-0.25, -0.2) is 4.39 Å². The Kier molecular flexibility index (Phi) is 6.47. The van der Waals surface area contributed by atoms with Gasteiger partial charge < -0.3 is 19.7 Å². The molecule has 0 bridgehead atoms. The Hall–Kier alpha value is -2.30. The van der Waals surface area contributed by atoms with E-state index < -0.39 is 17.6 Å². The van der Waals surface area contributed by atoms with E-state index in [0.29, 0.717) is 42.8 Å². The molecule has 1 aromatic heterocycles. The van der Waals surface area contributed by atoms with Gasteiger partial charge in [0.2, 0.25) is 0 Å². The van der Waals surface area contributed by atoms with Crippen molar-refractivity contribution in [3.63, 3.8) is 0 Å². The second-order valence-corrected chi connectivity index (χ2v) is 9.57. The topological polar surface area (TPSA) is 59.5 Å². The van der Waals surface area contributed by atoms with Crippen LogP contribution in [0.15, 0.2) is 24.3 Å². The van der Waals surface area contributed by atoms with Crippen LogP contribution in [-0.2, 0) is 15.7 Å². The Morgan fingerprint density at radius 3 is 2.53 bits per heavy atom. The maximum Gasteiger partial charge on any atom is 0.420 e. The molecule has 4 atom stereocenters. The summed E-state index contributed by atoms with van der Waals surface area (Å²) in [4.78, 5) is 2.38. The molecule has 2 aliphatic heterocycles. The lowest BCUT2D eigenvalue weighted by Crippen LogP contribution is -2.39. The molecule has 2 saturated heterocycles. The van der Waals surface area contributed by atoms with Crippen LogP contribution in [0.3, 0.4) is 0 Å². The van der Waals surface area contributed by atoms with Gasteiger partial charge in [0.1, 0.15) is 11.4 Å². The van der Waals surface area contributed by atoms with Gasteiger partial charge in [-0.1, -0.05) is 6.07 Å². The van der Waals surface area contributed by atoms with E-state index in [1.807, 2.05) is 0 Å². The third kappa shape index (κ3) is 5.04. The minimum absolute atomic E-state index is 0.00252. The highest BCUT2D eigenvalue weighted by atomic mass is 19.4. The first-order valence-electron chi connectivity index (χ1n) is 11.7. The molecule has 3 aliphatic rings. The van der Waals surface area contributed by atoms with Crippen molar-refractivity contribution in [2.45, 2.75) is 38.1 Å². The van der Waals surface area contributed by atoms with Crippen LogP contribution in [0.4, 0.5) is 23.4 Å². The lowest BCUT2D eigenvalue weighted by molar-refractivity contribution is -0.137. The normalized spacial score (nSPS) is 27.7. The fraction of sp³-hybridized carbons (Fsp3) is 0.583. The minimum atomic E-state index is -4.61. The number of hydrogen-bond donors (Lipinski definition) is 1. The third-order valence-corrected chi connectivity index (χ3v) is 7.09. The van der Waals surface area contributed by atoms with E-state index in [-0.39, 0.29) is 23.7 Å². The Labute approximate surface area is 195 Å². The summed E-state index contributed by atoms with van der Waals surface area (Å²) in [7, 11) is 0. The van der Waals surface area contributed by atoms with Gasteiger partial charge in [-0.2, -0.15) is 13.2 Å². The second-order valence-electron chi connectivity index (χ2n) is 9.57. The summed E-state index contributed by atoms with van der Waals surface area (Å²) < 4.78 is 66.6. The van der Waals surface area contributed by atoms with Crippen LogP contribution in [0.25, 0.3) is 11.3 Å². The predicted molar refractivity (Wildman–Crippen MR) is 118 cm³/mol. The molecule has 0 radical (unpaired) electrons. The molecule has 5 rings (SSSR count). The summed E-state index contributed by atoms with van der Waals surface area (Å²) in [6.07, 6.45) is -2.95. The number of nitrogens with one attached hydrogen (secondary N) is 1. The van der Waals surface area contributed by atoms with Crippen molar-refractivity contribution in [2.75, 3.05) is 44.8 Å². The molecular formula is C24H28F4N4O2. The molecule has 1 aromatic carbocycles. The van der Waals surface area contributed by atoms with Gasteiger partial charge in [-0.05, 0) is 55.4 Å². The number of fused-ring (bicyclic) bond motifs is 1. The highest BCUT2D eigenvalue weighted by Crippen LogP contribution is 2.41. The Bertz CT molecular complexity index is 1010. The van der Waals surface area contributed by atoms with Crippen LogP contribution >= 0.6 is 0 Å². The van der Waals surface area contributed by atoms with Crippen LogP contribution in [0, 0.1) is 24.6 Å². The van der Waals surface area contributed by atoms with E-state index in [1.165, 1.54) is 18.2 Å². The summed E-state index contributed by atoms with van der Waals surface area (Å²) in [5, 5.41) is 10.9. The van der Waals surface area contributed by atoms with Crippen molar-refractivity contribution in [3.05, 3.63) is 41.2 Å². The Balaban J connectivity index is 1.26. The zero-order chi connectivity index (χ0) is 23.9. The maximum atomic E-state index is 13.9. The number of likely N-dealkylation sites (tertiary alicyclic amines) is 1. The van der Waals surface area contributed by atoms with Crippen molar-refractivity contribution in [1.29, 1.82) is 0 Å². The van der Waals surface area contributed by atoms with Crippen LogP contribution in [-0.4, -0.2) is 66.7 Å². The quantitative estimate of drug-likeness (QED) is 0.649. The Morgan fingerprint density at radius 1 is 1.09 bits per heavy atom. The van der Waals surface area contributed by atoms with Gasteiger partial charge in [0.25, 0.3) is 0 Å². The minimum Gasteiger partial charge on any atom is -0.376 e. The van der Waals surface area contributed by atoms with E-state index in [2.05, 4.69) is 20.4 Å². The monoisotopic (exact) mass is 480 g/mol. The summed E-state index contributed by atoms with van der Waals surface area (Å²) in [5.41, 5.74) is 0.0484. The third-order valence-electron chi connectivity index (χ3n) is 7.09. The van der Waals surface area contributed by atoms with Crippen molar-refractivity contribution in [1.82, 2.24) is 15.1 Å². The highest BCUT2D eigenvalue weighted by Gasteiger charge is 2.43. The van der Waals surface area contributed by atoms with Crippen LogP contribution < -0.4 is 5.32 Å². The first-order chi connectivity index (χ1) is 16.3. The number of hydrogen-bond acceptors (Lipinski definition) is 6.